The molecule has 7 nitrogen and oxygen atoms in total. The van der Waals surface area contributed by atoms with Crippen molar-refractivity contribution in [3.63, 3.8) is 0 Å². The predicted octanol–water partition coefficient (Wildman–Crippen LogP) is 1.54. The lowest BCUT2D eigenvalue weighted by Crippen LogP contribution is -2.37. The van der Waals surface area contributed by atoms with Gasteiger partial charge in [-0.15, -0.1) is 24.0 Å². The fraction of sp³-hybridized carbons (Fsp3) is 0.750. The predicted molar refractivity (Wildman–Crippen MR) is 106 cm³/mol. The van der Waals surface area contributed by atoms with Crippen molar-refractivity contribution in [1.82, 2.24) is 20.4 Å². The highest BCUT2D eigenvalue weighted by Gasteiger charge is 2.13. The first-order valence-electron chi connectivity index (χ1n) is 8.35. The van der Waals surface area contributed by atoms with Gasteiger partial charge in [0.25, 0.3) is 0 Å². The van der Waals surface area contributed by atoms with Crippen LogP contribution in [0.15, 0.2) is 17.4 Å². The van der Waals surface area contributed by atoms with Crippen LogP contribution in [0.4, 0.5) is 0 Å². The van der Waals surface area contributed by atoms with Crippen molar-refractivity contribution in [2.45, 2.75) is 25.8 Å². The van der Waals surface area contributed by atoms with E-state index < -0.39 is 0 Å². The minimum Gasteiger partial charge on any atom is -0.381 e. The molecule has 138 valence electrons. The second-order valence-electron chi connectivity index (χ2n) is 5.86. The van der Waals surface area contributed by atoms with E-state index >= 15 is 0 Å². The summed E-state index contributed by atoms with van der Waals surface area (Å²) < 4.78 is 12.9. The molecule has 24 heavy (non-hydrogen) atoms. The van der Waals surface area contributed by atoms with Crippen molar-refractivity contribution in [2.24, 2.45) is 18.0 Å². The second kappa shape index (κ2) is 12.5. The van der Waals surface area contributed by atoms with Gasteiger partial charge in [-0.25, -0.2) is 0 Å². The highest BCUT2D eigenvalue weighted by atomic mass is 127. The summed E-state index contributed by atoms with van der Waals surface area (Å²) in [6.45, 7) is 4.97. The third kappa shape index (κ3) is 8.29. The van der Waals surface area contributed by atoms with Gasteiger partial charge in [-0.1, -0.05) is 0 Å². The zero-order chi connectivity index (χ0) is 16.3. The summed E-state index contributed by atoms with van der Waals surface area (Å²) >= 11 is 0. The number of aromatic nitrogens is 2. The molecule has 1 fully saturated rings. The molecule has 0 aromatic carbocycles. The number of nitrogens with one attached hydrogen (secondary N) is 2. The van der Waals surface area contributed by atoms with E-state index in [1.165, 1.54) is 0 Å². The van der Waals surface area contributed by atoms with E-state index in [0.717, 1.165) is 63.8 Å². The SMILES string of the molecule is CN=C(NCCCOCC1CCOCC1)NCc1cnn(C)c1.I. The zero-order valence-corrected chi connectivity index (χ0v) is 17.0. The molecule has 0 aliphatic carbocycles. The molecule has 1 aromatic heterocycles. The number of halogens is 1. The highest BCUT2D eigenvalue weighted by Crippen LogP contribution is 2.14. The van der Waals surface area contributed by atoms with Crippen LogP contribution in [-0.4, -0.2) is 55.8 Å². The Bertz CT molecular complexity index is 475. The molecule has 0 atom stereocenters. The number of hydrogen-bond acceptors (Lipinski definition) is 4. The number of ether oxygens (including phenoxy) is 2. The minimum absolute atomic E-state index is 0. The Morgan fingerprint density at radius 1 is 1.42 bits per heavy atom. The molecule has 0 unspecified atom stereocenters. The average Bonchev–Trinajstić information content (AvgIpc) is 3.00. The maximum absolute atomic E-state index is 5.75. The highest BCUT2D eigenvalue weighted by molar-refractivity contribution is 14.0. The molecule has 0 spiro atoms. The molecular formula is C16H30IN5O2. The van der Waals surface area contributed by atoms with Gasteiger partial charge in [0.2, 0.25) is 0 Å². The number of rotatable bonds is 8. The molecule has 0 saturated carbocycles. The van der Waals surface area contributed by atoms with E-state index in [4.69, 9.17) is 9.47 Å². The van der Waals surface area contributed by atoms with Crippen LogP contribution in [-0.2, 0) is 23.1 Å². The monoisotopic (exact) mass is 451 g/mol. The third-order valence-electron chi connectivity index (χ3n) is 3.89. The lowest BCUT2D eigenvalue weighted by molar-refractivity contribution is 0.0203. The Morgan fingerprint density at radius 2 is 2.21 bits per heavy atom. The van der Waals surface area contributed by atoms with Crippen molar-refractivity contribution >= 4 is 29.9 Å². The summed E-state index contributed by atoms with van der Waals surface area (Å²) in [6.07, 6.45) is 7.07. The fourth-order valence-electron chi connectivity index (χ4n) is 2.51. The standard InChI is InChI=1S/C16H29N5O2.HI/c1-17-16(19-10-15-11-20-21(2)12-15)18-6-3-7-23-13-14-4-8-22-9-5-14;/h11-12,14H,3-10,13H2,1-2H3,(H2,17,18,19);1H. The van der Waals surface area contributed by atoms with Crippen molar-refractivity contribution in [2.75, 3.05) is 40.0 Å². The van der Waals surface area contributed by atoms with E-state index in [0.29, 0.717) is 12.5 Å². The van der Waals surface area contributed by atoms with E-state index in [9.17, 15) is 0 Å². The fourth-order valence-corrected chi connectivity index (χ4v) is 2.51. The smallest absolute Gasteiger partial charge is 0.191 e. The van der Waals surface area contributed by atoms with Gasteiger partial charge in [0.15, 0.2) is 5.96 Å². The summed E-state index contributed by atoms with van der Waals surface area (Å²) in [4.78, 5) is 4.21. The Labute approximate surface area is 161 Å². The number of hydrogen-bond donors (Lipinski definition) is 2. The van der Waals surface area contributed by atoms with Crippen LogP contribution in [0.1, 0.15) is 24.8 Å². The first-order chi connectivity index (χ1) is 11.3. The molecule has 8 heteroatoms. The topological polar surface area (TPSA) is 72.7 Å². The number of aliphatic imine (C=N–C) groups is 1. The van der Waals surface area contributed by atoms with Gasteiger partial charge in [0.05, 0.1) is 6.20 Å². The van der Waals surface area contributed by atoms with Crippen LogP contribution in [0.25, 0.3) is 0 Å². The van der Waals surface area contributed by atoms with E-state index in [-0.39, 0.29) is 24.0 Å². The van der Waals surface area contributed by atoms with Gasteiger partial charge < -0.3 is 20.1 Å². The Hall–Kier alpha value is -0.870. The maximum atomic E-state index is 5.75. The van der Waals surface area contributed by atoms with E-state index in [1.54, 1.807) is 11.7 Å². The zero-order valence-electron chi connectivity index (χ0n) is 14.7. The number of nitrogens with zero attached hydrogens (tertiary/aromatic N) is 3. The maximum Gasteiger partial charge on any atom is 0.191 e. The summed E-state index contributed by atoms with van der Waals surface area (Å²) in [7, 11) is 3.69. The molecule has 0 bridgehead atoms. The Kier molecular flexibility index (Phi) is 11.0. The van der Waals surface area contributed by atoms with Crippen LogP contribution in [0.2, 0.25) is 0 Å². The third-order valence-corrected chi connectivity index (χ3v) is 3.89. The van der Waals surface area contributed by atoms with Gasteiger partial charge in [-0.3, -0.25) is 9.67 Å². The summed E-state index contributed by atoms with van der Waals surface area (Å²) in [5.74, 6) is 1.48. The van der Waals surface area contributed by atoms with E-state index in [2.05, 4.69) is 20.7 Å². The van der Waals surface area contributed by atoms with Gasteiger partial charge in [-0.05, 0) is 25.2 Å². The molecule has 2 rings (SSSR count). The second-order valence-corrected chi connectivity index (χ2v) is 5.86. The van der Waals surface area contributed by atoms with Crippen molar-refractivity contribution < 1.29 is 9.47 Å². The largest absolute Gasteiger partial charge is 0.381 e. The Morgan fingerprint density at radius 3 is 2.88 bits per heavy atom. The molecule has 2 heterocycles. The Balaban J connectivity index is 0.00000288. The van der Waals surface area contributed by atoms with Crippen LogP contribution >= 0.6 is 24.0 Å². The normalized spacial score (nSPS) is 15.8. The van der Waals surface area contributed by atoms with Crippen molar-refractivity contribution in [1.29, 1.82) is 0 Å². The van der Waals surface area contributed by atoms with Gasteiger partial charge >= 0.3 is 0 Å². The molecule has 2 N–H and O–H groups in total. The quantitative estimate of drug-likeness (QED) is 0.272. The summed E-state index contributed by atoms with van der Waals surface area (Å²) in [5.41, 5.74) is 1.13. The van der Waals surface area contributed by atoms with Crippen molar-refractivity contribution in [3.05, 3.63) is 18.0 Å². The first kappa shape index (κ1) is 21.2. The number of guanidine groups is 1. The van der Waals surface area contributed by atoms with Crippen molar-refractivity contribution in [3.8, 4) is 0 Å². The molecule has 0 amide bonds. The summed E-state index contributed by atoms with van der Waals surface area (Å²) in [6, 6.07) is 0. The van der Waals surface area contributed by atoms with Crippen LogP contribution in [0, 0.1) is 5.92 Å². The average molecular weight is 451 g/mol. The lowest BCUT2D eigenvalue weighted by atomic mass is 10.0. The molecule has 1 aliphatic rings. The van der Waals surface area contributed by atoms with E-state index in [1.807, 2.05) is 19.4 Å². The first-order valence-corrected chi connectivity index (χ1v) is 8.35. The molecule has 0 radical (unpaired) electrons. The number of aryl methyl sites for hydroxylation is 1. The molecule has 1 saturated heterocycles. The van der Waals surface area contributed by atoms with Crippen LogP contribution in [0.3, 0.4) is 0 Å². The van der Waals surface area contributed by atoms with Crippen LogP contribution in [0.5, 0.6) is 0 Å². The van der Waals surface area contributed by atoms with Gasteiger partial charge in [0.1, 0.15) is 0 Å². The molecule has 1 aromatic rings. The molecule has 1 aliphatic heterocycles. The molecular weight excluding hydrogens is 421 g/mol. The lowest BCUT2D eigenvalue weighted by Gasteiger charge is -2.21. The van der Waals surface area contributed by atoms with Crippen LogP contribution < -0.4 is 10.6 Å². The van der Waals surface area contributed by atoms with Gasteiger partial charge in [-0.2, -0.15) is 5.10 Å². The minimum atomic E-state index is 0. The van der Waals surface area contributed by atoms with Gasteiger partial charge in [0, 0.05) is 65.4 Å². The summed E-state index contributed by atoms with van der Waals surface area (Å²) in [5, 5.41) is 10.7.